The summed E-state index contributed by atoms with van der Waals surface area (Å²) in [5.74, 6) is 0. The molecule has 1 aliphatic rings. The molecule has 0 amide bonds. The Bertz CT molecular complexity index is 2450. The third-order valence-corrected chi connectivity index (χ3v) is 9.43. The van der Waals surface area contributed by atoms with Gasteiger partial charge in [-0.3, -0.25) is 0 Å². The van der Waals surface area contributed by atoms with Crippen LogP contribution in [0.1, 0.15) is 25.0 Å². The fraction of sp³-hybridized carbons (Fsp3) is 0.0750. The summed E-state index contributed by atoms with van der Waals surface area (Å²) in [4.78, 5) is 4.06. The number of aromatic nitrogens is 1. The average molecular weight is 551 g/mol. The van der Waals surface area contributed by atoms with Gasteiger partial charge in [0.25, 0.3) is 0 Å². The minimum atomic E-state index is -0.109. The van der Waals surface area contributed by atoms with Crippen molar-refractivity contribution in [1.82, 2.24) is 4.57 Å². The average Bonchev–Trinajstić information content (AvgIpc) is 3.65. The van der Waals surface area contributed by atoms with Gasteiger partial charge in [0.2, 0.25) is 0 Å². The summed E-state index contributed by atoms with van der Waals surface area (Å²) in [7, 11) is 0. The lowest BCUT2D eigenvalue weighted by Crippen LogP contribution is -2.14. The zero-order chi connectivity index (χ0) is 28.9. The normalized spacial score (nSPS) is 13.5. The van der Waals surface area contributed by atoms with Crippen LogP contribution < -0.4 is 0 Å². The number of nitrogens with zero attached hydrogens (tertiary/aromatic N) is 2. The van der Waals surface area contributed by atoms with E-state index in [1.165, 1.54) is 33.0 Å². The Morgan fingerprint density at radius 2 is 1.28 bits per heavy atom. The summed E-state index contributed by atoms with van der Waals surface area (Å²) in [6, 6.07) is 42.6. The van der Waals surface area contributed by atoms with Gasteiger partial charge in [0.1, 0.15) is 11.2 Å². The molecule has 0 unspecified atom stereocenters. The molecule has 9 rings (SSSR count). The predicted octanol–water partition coefficient (Wildman–Crippen LogP) is 11.2. The zero-order valence-electron chi connectivity index (χ0n) is 23.8. The van der Waals surface area contributed by atoms with E-state index in [1.54, 1.807) is 0 Å². The van der Waals surface area contributed by atoms with Gasteiger partial charge in [-0.05, 0) is 64.2 Å². The van der Waals surface area contributed by atoms with E-state index in [1.807, 2.05) is 24.3 Å². The maximum Gasteiger partial charge on any atom is 0.197 e. The third kappa shape index (κ3) is 3.13. The van der Waals surface area contributed by atoms with E-state index in [-0.39, 0.29) is 5.41 Å². The second-order valence-electron chi connectivity index (χ2n) is 12.0. The lowest BCUT2D eigenvalue weighted by atomic mass is 9.82. The van der Waals surface area contributed by atoms with Gasteiger partial charge in [-0.2, -0.15) is 0 Å². The first-order chi connectivity index (χ1) is 21.1. The van der Waals surface area contributed by atoms with Crippen LogP contribution >= 0.6 is 0 Å². The van der Waals surface area contributed by atoms with Crippen LogP contribution in [-0.4, -0.2) is 4.57 Å². The second kappa shape index (κ2) is 8.47. The highest BCUT2D eigenvalue weighted by atomic mass is 16.3. The van der Waals surface area contributed by atoms with Crippen molar-refractivity contribution in [3.05, 3.63) is 144 Å². The van der Waals surface area contributed by atoms with Gasteiger partial charge in [-0.25, -0.2) is 4.85 Å². The summed E-state index contributed by atoms with van der Waals surface area (Å²) < 4.78 is 8.90. The highest BCUT2D eigenvalue weighted by Crippen LogP contribution is 2.52. The number of fused-ring (bicyclic) bond motifs is 9. The SMILES string of the molecule is [C-]#[N+]c1cccc(-n2c3ccccc3c3ccccc32)c1-c1cccc2oc3cc4c(cc3c12)-c1ccccc1C4(C)C. The first-order valence-corrected chi connectivity index (χ1v) is 14.7. The van der Waals surface area contributed by atoms with E-state index in [4.69, 9.17) is 11.0 Å². The van der Waals surface area contributed by atoms with Gasteiger partial charge >= 0.3 is 0 Å². The van der Waals surface area contributed by atoms with E-state index >= 15 is 0 Å². The van der Waals surface area contributed by atoms with E-state index in [0.717, 1.165) is 49.8 Å². The van der Waals surface area contributed by atoms with E-state index in [0.29, 0.717) is 5.69 Å². The quantitative estimate of drug-likeness (QED) is 0.196. The molecule has 1 aliphatic carbocycles. The van der Waals surface area contributed by atoms with Crippen molar-refractivity contribution < 1.29 is 4.42 Å². The number of furan rings is 1. The summed E-state index contributed by atoms with van der Waals surface area (Å²) in [6.45, 7) is 12.8. The number of para-hydroxylation sites is 2. The molecule has 8 aromatic rings. The van der Waals surface area contributed by atoms with Crippen LogP contribution in [0.2, 0.25) is 0 Å². The fourth-order valence-corrected chi connectivity index (χ4v) is 7.49. The molecule has 43 heavy (non-hydrogen) atoms. The Morgan fingerprint density at radius 1 is 0.605 bits per heavy atom. The van der Waals surface area contributed by atoms with Crippen LogP contribution in [0.15, 0.2) is 126 Å². The molecule has 0 atom stereocenters. The smallest absolute Gasteiger partial charge is 0.197 e. The molecule has 2 heterocycles. The largest absolute Gasteiger partial charge is 0.456 e. The number of rotatable bonds is 2. The monoisotopic (exact) mass is 550 g/mol. The third-order valence-electron chi connectivity index (χ3n) is 9.43. The van der Waals surface area contributed by atoms with Crippen molar-refractivity contribution in [1.29, 1.82) is 0 Å². The van der Waals surface area contributed by atoms with Crippen LogP contribution in [0.3, 0.4) is 0 Å². The Morgan fingerprint density at radius 3 is 2.05 bits per heavy atom. The van der Waals surface area contributed by atoms with Crippen LogP contribution in [0.25, 0.3) is 76.5 Å². The number of benzene rings is 6. The summed E-state index contributed by atoms with van der Waals surface area (Å²) >= 11 is 0. The van der Waals surface area contributed by atoms with E-state index in [9.17, 15) is 0 Å². The van der Waals surface area contributed by atoms with Crippen molar-refractivity contribution >= 4 is 49.4 Å². The Kier molecular flexibility index (Phi) is 4.74. The fourth-order valence-electron chi connectivity index (χ4n) is 7.49. The van der Waals surface area contributed by atoms with Crippen molar-refractivity contribution in [2.45, 2.75) is 19.3 Å². The Labute approximate surface area is 249 Å². The first-order valence-electron chi connectivity index (χ1n) is 14.7. The maximum atomic E-state index is 8.23. The molecule has 0 aliphatic heterocycles. The summed E-state index contributed by atoms with van der Waals surface area (Å²) in [5.41, 5.74) is 12.5. The van der Waals surface area contributed by atoms with Crippen molar-refractivity contribution in [3.8, 4) is 27.9 Å². The van der Waals surface area contributed by atoms with Crippen molar-refractivity contribution in [2.75, 3.05) is 0 Å². The van der Waals surface area contributed by atoms with Gasteiger partial charge in [0, 0.05) is 38.2 Å². The number of hydrogen-bond acceptors (Lipinski definition) is 1. The second-order valence-corrected chi connectivity index (χ2v) is 12.0. The topological polar surface area (TPSA) is 22.4 Å². The summed E-state index contributed by atoms with van der Waals surface area (Å²) in [5, 5.41) is 4.51. The molecule has 0 N–H and O–H groups in total. The van der Waals surface area contributed by atoms with Gasteiger partial charge in [0.15, 0.2) is 5.69 Å². The predicted molar refractivity (Wildman–Crippen MR) is 177 cm³/mol. The van der Waals surface area contributed by atoms with Crippen LogP contribution in [0.5, 0.6) is 0 Å². The minimum Gasteiger partial charge on any atom is -0.456 e. The lowest BCUT2D eigenvalue weighted by molar-refractivity contribution is 0.647. The summed E-state index contributed by atoms with van der Waals surface area (Å²) in [6.07, 6.45) is 0. The van der Waals surface area contributed by atoms with Gasteiger partial charge < -0.3 is 8.98 Å². The molecule has 0 fully saturated rings. The minimum absolute atomic E-state index is 0.109. The molecule has 0 bridgehead atoms. The molecule has 6 aromatic carbocycles. The molecule has 0 radical (unpaired) electrons. The first kappa shape index (κ1) is 24.1. The van der Waals surface area contributed by atoms with Gasteiger partial charge in [-0.15, -0.1) is 0 Å². The van der Waals surface area contributed by atoms with Crippen LogP contribution in [-0.2, 0) is 5.41 Å². The Balaban J connectivity index is 1.40. The highest BCUT2D eigenvalue weighted by molar-refractivity contribution is 6.17. The number of hydrogen-bond donors (Lipinski definition) is 0. The van der Waals surface area contributed by atoms with Crippen molar-refractivity contribution in [3.63, 3.8) is 0 Å². The van der Waals surface area contributed by atoms with Crippen molar-refractivity contribution in [2.24, 2.45) is 0 Å². The van der Waals surface area contributed by atoms with Crippen LogP contribution in [0, 0.1) is 6.57 Å². The Hall–Kier alpha value is -5.59. The van der Waals surface area contributed by atoms with E-state index in [2.05, 4.69) is 120 Å². The molecule has 0 saturated carbocycles. The molecule has 202 valence electrons. The molecular weight excluding hydrogens is 524 g/mol. The molecule has 2 aromatic heterocycles. The highest BCUT2D eigenvalue weighted by Gasteiger charge is 2.36. The molecular formula is C40H26N2O. The maximum absolute atomic E-state index is 8.23. The lowest BCUT2D eigenvalue weighted by Gasteiger charge is -2.21. The standard InChI is InChI=1S/C40H26N2O/c1-40(2)30-16-7-4-12-24(30)28-22-29-37(23-31(28)40)43-36-21-10-15-27(38(29)36)39-32(41-3)17-11-20-35(39)42-33-18-8-5-13-25(33)26-14-6-9-19-34(26)42/h4-23H,1-2H3. The molecule has 0 saturated heterocycles. The molecule has 3 nitrogen and oxygen atoms in total. The molecule has 3 heteroatoms. The molecule has 0 spiro atoms. The van der Waals surface area contributed by atoms with Gasteiger partial charge in [-0.1, -0.05) is 98.8 Å². The van der Waals surface area contributed by atoms with E-state index < -0.39 is 0 Å². The van der Waals surface area contributed by atoms with Gasteiger partial charge in [0.05, 0.1) is 17.6 Å². The van der Waals surface area contributed by atoms with Crippen LogP contribution in [0.4, 0.5) is 5.69 Å². The zero-order valence-corrected chi connectivity index (χ0v) is 23.8.